The molecule has 1 nitrogen and oxygen atoms in total. The summed E-state index contributed by atoms with van der Waals surface area (Å²) in [5, 5.41) is 3.87. The summed E-state index contributed by atoms with van der Waals surface area (Å²) < 4.78 is 0. The molecular formula is C13H25N. The lowest BCUT2D eigenvalue weighted by Crippen LogP contribution is -2.61. The molecule has 1 saturated heterocycles. The Hall–Kier alpha value is -0.0400. The van der Waals surface area contributed by atoms with Crippen LogP contribution in [0.15, 0.2) is 0 Å². The van der Waals surface area contributed by atoms with Gasteiger partial charge in [-0.3, -0.25) is 0 Å². The van der Waals surface area contributed by atoms with Gasteiger partial charge < -0.3 is 5.32 Å². The van der Waals surface area contributed by atoms with Crippen molar-refractivity contribution in [1.29, 1.82) is 0 Å². The van der Waals surface area contributed by atoms with Gasteiger partial charge in [0.25, 0.3) is 0 Å². The van der Waals surface area contributed by atoms with E-state index in [0.717, 1.165) is 23.8 Å². The van der Waals surface area contributed by atoms with Crippen molar-refractivity contribution in [2.75, 3.05) is 0 Å². The largest absolute Gasteiger partial charge is 0.308 e. The van der Waals surface area contributed by atoms with E-state index in [0.29, 0.717) is 5.54 Å². The maximum atomic E-state index is 3.87. The summed E-state index contributed by atoms with van der Waals surface area (Å²) in [5.74, 6) is 2.66. The van der Waals surface area contributed by atoms with Crippen LogP contribution in [0.5, 0.6) is 0 Å². The molecule has 0 radical (unpaired) electrons. The Bertz CT molecular complexity index is 207. The Labute approximate surface area is 88.7 Å². The van der Waals surface area contributed by atoms with Crippen molar-refractivity contribution < 1.29 is 0 Å². The summed E-state index contributed by atoms with van der Waals surface area (Å²) in [6.45, 7) is 9.64. The van der Waals surface area contributed by atoms with Crippen LogP contribution in [0.3, 0.4) is 0 Å². The van der Waals surface area contributed by atoms with Crippen molar-refractivity contribution >= 4 is 0 Å². The fourth-order valence-electron chi connectivity index (χ4n) is 3.61. The Morgan fingerprint density at radius 2 is 1.71 bits per heavy atom. The topological polar surface area (TPSA) is 12.0 Å². The molecule has 82 valence electrons. The van der Waals surface area contributed by atoms with Gasteiger partial charge in [-0.1, -0.05) is 26.7 Å². The van der Waals surface area contributed by atoms with Crippen LogP contribution in [0.4, 0.5) is 0 Å². The molecular weight excluding hydrogens is 170 g/mol. The van der Waals surface area contributed by atoms with Gasteiger partial charge in [-0.15, -0.1) is 0 Å². The Morgan fingerprint density at radius 1 is 1.07 bits per heavy atom. The van der Waals surface area contributed by atoms with E-state index >= 15 is 0 Å². The molecule has 0 aromatic carbocycles. The summed E-state index contributed by atoms with van der Waals surface area (Å²) >= 11 is 0. The van der Waals surface area contributed by atoms with Crippen molar-refractivity contribution in [2.24, 2.45) is 17.8 Å². The molecule has 1 aliphatic heterocycles. The van der Waals surface area contributed by atoms with E-state index in [9.17, 15) is 0 Å². The zero-order chi connectivity index (χ0) is 10.3. The SMILES string of the molecule is CC1C2CCCCC2NC(C)(C)C1C. The summed E-state index contributed by atoms with van der Waals surface area (Å²) in [6, 6.07) is 0.810. The normalized spacial score (nSPS) is 47.1. The molecule has 1 N–H and O–H groups in total. The standard InChI is InChI=1S/C13H25N/c1-9-10(2)13(3,4)14-12-8-6-5-7-11(9)12/h9-12,14H,5-8H2,1-4H3. The van der Waals surface area contributed by atoms with Gasteiger partial charge in [0.05, 0.1) is 0 Å². The van der Waals surface area contributed by atoms with Crippen molar-refractivity contribution in [3.8, 4) is 0 Å². The van der Waals surface area contributed by atoms with E-state index in [2.05, 4.69) is 33.0 Å². The Kier molecular flexibility index (Phi) is 2.63. The third-order valence-electron chi connectivity index (χ3n) is 4.98. The number of piperidine rings is 1. The molecule has 4 atom stereocenters. The molecule has 1 heteroatoms. The first-order valence-corrected chi connectivity index (χ1v) is 6.30. The van der Waals surface area contributed by atoms with Crippen LogP contribution >= 0.6 is 0 Å². The third-order valence-corrected chi connectivity index (χ3v) is 4.98. The van der Waals surface area contributed by atoms with Crippen LogP contribution < -0.4 is 5.32 Å². The van der Waals surface area contributed by atoms with Gasteiger partial charge in [-0.2, -0.15) is 0 Å². The van der Waals surface area contributed by atoms with Gasteiger partial charge in [0.1, 0.15) is 0 Å². The van der Waals surface area contributed by atoms with E-state index < -0.39 is 0 Å². The predicted molar refractivity (Wildman–Crippen MR) is 61.3 cm³/mol. The molecule has 0 amide bonds. The van der Waals surface area contributed by atoms with Crippen LogP contribution in [0.25, 0.3) is 0 Å². The highest BCUT2D eigenvalue weighted by molar-refractivity contribution is 5.00. The molecule has 1 saturated carbocycles. The average Bonchev–Trinajstić information content (AvgIpc) is 2.14. The van der Waals surface area contributed by atoms with Crippen molar-refractivity contribution in [3.63, 3.8) is 0 Å². The van der Waals surface area contributed by atoms with Gasteiger partial charge in [0.15, 0.2) is 0 Å². The van der Waals surface area contributed by atoms with Crippen LogP contribution in [-0.2, 0) is 0 Å². The first-order valence-electron chi connectivity index (χ1n) is 6.30. The predicted octanol–water partition coefficient (Wildman–Crippen LogP) is 3.20. The number of nitrogens with one attached hydrogen (secondary N) is 1. The molecule has 0 aromatic heterocycles. The molecule has 4 unspecified atom stereocenters. The average molecular weight is 195 g/mol. The van der Waals surface area contributed by atoms with E-state index in [1.165, 1.54) is 25.7 Å². The number of rotatable bonds is 0. The number of hydrogen-bond acceptors (Lipinski definition) is 1. The van der Waals surface area contributed by atoms with Crippen molar-refractivity contribution in [2.45, 2.75) is 65.0 Å². The van der Waals surface area contributed by atoms with Gasteiger partial charge in [0.2, 0.25) is 0 Å². The highest BCUT2D eigenvalue weighted by Gasteiger charge is 2.44. The van der Waals surface area contributed by atoms with E-state index in [-0.39, 0.29) is 0 Å². The number of fused-ring (bicyclic) bond motifs is 1. The molecule has 1 heterocycles. The van der Waals surface area contributed by atoms with E-state index in [1.807, 2.05) is 0 Å². The second-order valence-electron chi connectivity index (χ2n) is 6.07. The zero-order valence-corrected chi connectivity index (χ0v) is 10.1. The summed E-state index contributed by atoms with van der Waals surface area (Å²) in [6.07, 6.45) is 5.76. The van der Waals surface area contributed by atoms with Crippen LogP contribution in [0.1, 0.15) is 53.4 Å². The zero-order valence-electron chi connectivity index (χ0n) is 10.1. The lowest BCUT2D eigenvalue weighted by Gasteiger charge is -2.52. The first-order chi connectivity index (χ1) is 6.52. The maximum absolute atomic E-state index is 3.87. The smallest absolute Gasteiger partial charge is 0.0156 e. The van der Waals surface area contributed by atoms with Crippen molar-refractivity contribution in [3.05, 3.63) is 0 Å². The lowest BCUT2D eigenvalue weighted by molar-refractivity contribution is 0.0295. The minimum absolute atomic E-state index is 0.345. The highest BCUT2D eigenvalue weighted by Crippen LogP contribution is 2.42. The Balaban J connectivity index is 2.15. The fourth-order valence-corrected chi connectivity index (χ4v) is 3.61. The summed E-state index contributed by atoms with van der Waals surface area (Å²) in [7, 11) is 0. The van der Waals surface area contributed by atoms with Gasteiger partial charge in [-0.05, 0) is 44.4 Å². The van der Waals surface area contributed by atoms with Crippen LogP contribution in [-0.4, -0.2) is 11.6 Å². The van der Waals surface area contributed by atoms with Gasteiger partial charge >= 0.3 is 0 Å². The molecule has 0 bridgehead atoms. The molecule has 2 rings (SSSR count). The molecule has 2 aliphatic rings. The first kappa shape index (κ1) is 10.5. The van der Waals surface area contributed by atoms with Crippen LogP contribution in [0.2, 0.25) is 0 Å². The second-order valence-corrected chi connectivity index (χ2v) is 6.07. The van der Waals surface area contributed by atoms with Crippen LogP contribution in [0, 0.1) is 17.8 Å². The fraction of sp³-hybridized carbons (Fsp3) is 1.00. The second kappa shape index (κ2) is 3.52. The lowest BCUT2D eigenvalue weighted by atomic mass is 9.64. The molecule has 0 aromatic rings. The summed E-state index contributed by atoms with van der Waals surface area (Å²) in [4.78, 5) is 0. The quantitative estimate of drug-likeness (QED) is 0.626. The Morgan fingerprint density at radius 3 is 2.43 bits per heavy atom. The molecule has 14 heavy (non-hydrogen) atoms. The molecule has 2 fully saturated rings. The van der Waals surface area contributed by atoms with Gasteiger partial charge in [-0.25, -0.2) is 0 Å². The van der Waals surface area contributed by atoms with Gasteiger partial charge in [0, 0.05) is 11.6 Å². The van der Waals surface area contributed by atoms with E-state index in [4.69, 9.17) is 0 Å². The van der Waals surface area contributed by atoms with E-state index in [1.54, 1.807) is 0 Å². The minimum Gasteiger partial charge on any atom is -0.308 e. The molecule has 1 aliphatic carbocycles. The highest BCUT2D eigenvalue weighted by atomic mass is 15.0. The van der Waals surface area contributed by atoms with Crippen molar-refractivity contribution in [1.82, 2.24) is 5.32 Å². The summed E-state index contributed by atoms with van der Waals surface area (Å²) in [5.41, 5.74) is 0.345. The molecule has 0 spiro atoms. The third kappa shape index (κ3) is 1.60. The minimum atomic E-state index is 0.345. The maximum Gasteiger partial charge on any atom is 0.0156 e. The number of hydrogen-bond donors (Lipinski definition) is 1. The monoisotopic (exact) mass is 195 g/mol.